The quantitative estimate of drug-likeness (QED) is 0.306. The number of benzene rings is 2. The fourth-order valence-electron chi connectivity index (χ4n) is 5.69. The summed E-state index contributed by atoms with van der Waals surface area (Å²) in [6.07, 6.45) is 11.9. The summed E-state index contributed by atoms with van der Waals surface area (Å²) in [5, 5.41) is 1.18. The van der Waals surface area contributed by atoms with Gasteiger partial charge in [0.15, 0.2) is 0 Å². The van der Waals surface area contributed by atoms with Crippen molar-refractivity contribution in [1.29, 1.82) is 0 Å². The molecule has 0 N–H and O–H groups in total. The zero-order valence-electron chi connectivity index (χ0n) is 22.5. The third kappa shape index (κ3) is 7.45. The number of rotatable bonds is 10. The molecular formula is C32H43N3O2. The minimum absolute atomic E-state index is 0.264. The average molecular weight is 502 g/mol. The van der Waals surface area contributed by atoms with Gasteiger partial charge >= 0.3 is 0 Å². The molecule has 2 aromatic carbocycles. The maximum Gasteiger partial charge on any atom is 0.145 e. The third-order valence-electron chi connectivity index (χ3n) is 8.01. The van der Waals surface area contributed by atoms with Crippen molar-refractivity contribution in [3.05, 3.63) is 65.9 Å². The number of aryl methyl sites for hydroxylation is 1. The maximum absolute atomic E-state index is 6.42. The second-order valence-corrected chi connectivity index (χ2v) is 10.8. The molecule has 0 spiro atoms. The average Bonchev–Trinajstić information content (AvgIpc) is 3.22. The smallest absolute Gasteiger partial charge is 0.145 e. The predicted octanol–water partition coefficient (Wildman–Crippen LogP) is 6.27. The molecule has 2 aliphatic heterocycles. The van der Waals surface area contributed by atoms with Gasteiger partial charge in [0.1, 0.15) is 23.1 Å². The van der Waals surface area contributed by atoms with Crippen LogP contribution in [0.15, 0.2) is 54.7 Å². The van der Waals surface area contributed by atoms with Crippen LogP contribution in [0.3, 0.4) is 0 Å². The molecule has 37 heavy (non-hydrogen) atoms. The van der Waals surface area contributed by atoms with E-state index in [0.717, 1.165) is 75.5 Å². The molecule has 0 aliphatic carbocycles. The van der Waals surface area contributed by atoms with Crippen LogP contribution in [0, 0.1) is 6.92 Å². The molecule has 0 radical (unpaired) electrons. The highest BCUT2D eigenvalue weighted by atomic mass is 16.5. The summed E-state index contributed by atoms with van der Waals surface area (Å²) < 4.78 is 12.4. The first-order chi connectivity index (χ1) is 18.2. The molecule has 5 heteroatoms. The number of piperidine rings is 1. The number of likely N-dealkylation sites (tertiary alicyclic amines) is 2. The summed E-state index contributed by atoms with van der Waals surface area (Å²) in [5.74, 6) is 1.92. The molecule has 5 rings (SSSR count). The number of aromatic nitrogens is 1. The van der Waals surface area contributed by atoms with E-state index in [1.807, 2.05) is 12.3 Å². The van der Waals surface area contributed by atoms with Crippen molar-refractivity contribution in [3.63, 3.8) is 0 Å². The van der Waals surface area contributed by atoms with Crippen LogP contribution in [0.5, 0.6) is 11.5 Å². The number of pyridine rings is 1. The summed E-state index contributed by atoms with van der Waals surface area (Å²) in [6.45, 7) is 9.89. The Morgan fingerprint density at radius 1 is 0.838 bits per heavy atom. The first-order valence-electron chi connectivity index (χ1n) is 14.4. The van der Waals surface area contributed by atoms with E-state index in [1.54, 1.807) is 0 Å². The molecule has 3 heterocycles. The van der Waals surface area contributed by atoms with E-state index in [4.69, 9.17) is 9.47 Å². The number of ether oxygens (including phenoxy) is 2. The van der Waals surface area contributed by atoms with Crippen molar-refractivity contribution in [2.24, 2.45) is 0 Å². The van der Waals surface area contributed by atoms with Gasteiger partial charge in [0.25, 0.3) is 0 Å². The van der Waals surface area contributed by atoms with Gasteiger partial charge in [0, 0.05) is 37.8 Å². The summed E-state index contributed by atoms with van der Waals surface area (Å²) in [5.41, 5.74) is 3.61. The molecule has 0 bridgehead atoms. The Hall–Kier alpha value is -2.63. The molecular weight excluding hydrogens is 458 g/mol. The first kappa shape index (κ1) is 26.0. The molecule has 2 aliphatic rings. The monoisotopic (exact) mass is 501 g/mol. The van der Waals surface area contributed by atoms with Crippen LogP contribution >= 0.6 is 0 Å². The van der Waals surface area contributed by atoms with Crippen molar-refractivity contribution in [2.45, 2.75) is 64.4 Å². The van der Waals surface area contributed by atoms with Gasteiger partial charge in [-0.05, 0) is 93.9 Å². The molecule has 2 saturated heterocycles. The highest BCUT2D eigenvalue weighted by Gasteiger charge is 2.21. The predicted molar refractivity (Wildman–Crippen MR) is 152 cm³/mol. The normalized spacial score (nSPS) is 18.1. The highest BCUT2D eigenvalue weighted by molar-refractivity contribution is 5.87. The Bertz CT molecular complexity index is 1100. The van der Waals surface area contributed by atoms with E-state index in [0.29, 0.717) is 0 Å². The van der Waals surface area contributed by atoms with Crippen LogP contribution in [0.4, 0.5) is 0 Å². The van der Waals surface area contributed by atoms with Crippen LogP contribution < -0.4 is 9.47 Å². The maximum atomic E-state index is 6.42. The van der Waals surface area contributed by atoms with Crippen LogP contribution in [0.2, 0.25) is 0 Å². The minimum atomic E-state index is 0.264. The van der Waals surface area contributed by atoms with E-state index >= 15 is 0 Å². The van der Waals surface area contributed by atoms with Crippen molar-refractivity contribution < 1.29 is 9.47 Å². The van der Waals surface area contributed by atoms with E-state index in [9.17, 15) is 0 Å². The Labute approximate surface area is 222 Å². The van der Waals surface area contributed by atoms with Gasteiger partial charge < -0.3 is 19.3 Å². The fourth-order valence-corrected chi connectivity index (χ4v) is 5.69. The van der Waals surface area contributed by atoms with Crippen LogP contribution in [0.25, 0.3) is 10.9 Å². The summed E-state index contributed by atoms with van der Waals surface area (Å²) >= 11 is 0. The zero-order chi connectivity index (χ0) is 25.3. The number of hydrogen-bond acceptors (Lipinski definition) is 5. The van der Waals surface area contributed by atoms with E-state index in [1.165, 1.54) is 55.3 Å². The third-order valence-corrected chi connectivity index (χ3v) is 8.01. The van der Waals surface area contributed by atoms with Crippen molar-refractivity contribution in [3.8, 4) is 11.5 Å². The van der Waals surface area contributed by atoms with Gasteiger partial charge in [0.05, 0.1) is 6.61 Å². The molecule has 198 valence electrons. The molecule has 1 aromatic heterocycles. The lowest BCUT2D eigenvalue weighted by Crippen LogP contribution is -2.39. The van der Waals surface area contributed by atoms with Gasteiger partial charge in [-0.15, -0.1) is 0 Å². The van der Waals surface area contributed by atoms with Crippen molar-refractivity contribution in [1.82, 2.24) is 14.8 Å². The number of nitrogens with zero attached hydrogens (tertiary/aromatic N) is 3. The van der Waals surface area contributed by atoms with Gasteiger partial charge in [-0.25, -0.2) is 0 Å². The molecule has 0 saturated carbocycles. The zero-order valence-corrected chi connectivity index (χ0v) is 22.5. The lowest BCUT2D eigenvalue weighted by molar-refractivity contribution is 0.102. The summed E-state index contributed by atoms with van der Waals surface area (Å²) in [6, 6.07) is 17.1. The molecule has 0 amide bonds. The van der Waals surface area contributed by atoms with Gasteiger partial charge in [-0.1, -0.05) is 37.1 Å². The Morgan fingerprint density at radius 2 is 1.59 bits per heavy atom. The largest absolute Gasteiger partial charge is 0.494 e. The lowest BCUT2D eigenvalue weighted by atomic mass is 10.1. The second-order valence-electron chi connectivity index (χ2n) is 10.8. The number of fused-ring (bicyclic) bond motifs is 1. The first-order valence-corrected chi connectivity index (χ1v) is 14.4. The fraction of sp³-hybridized carbons (Fsp3) is 0.531. The van der Waals surface area contributed by atoms with Gasteiger partial charge in [0.2, 0.25) is 0 Å². The van der Waals surface area contributed by atoms with Crippen LogP contribution in [-0.2, 0) is 6.42 Å². The molecule has 2 fully saturated rings. The lowest BCUT2D eigenvalue weighted by Gasteiger charge is -2.32. The molecule has 3 aromatic rings. The summed E-state index contributed by atoms with van der Waals surface area (Å²) in [4.78, 5) is 9.76. The Balaban J connectivity index is 1.00. The molecule has 5 nitrogen and oxygen atoms in total. The van der Waals surface area contributed by atoms with Crippen molar-refractivity contribution in [2.75, 3.05) is 45.9 Å². The van der Waals surface area contributed by atoms with Gasteiger partial charge in [-0.3, -0.25) is 4.98 Å². The topological polar surface area (TPSA) is 37.8 Å². The number of hydrogen-bond donors (Lipinski definition) is 0. The van der Waals surface area contributed by atoms with E-state index in [2.05, 4.69) is 64.2 Å². The Morgan fingerprint density at radius 3 is 2.38 bits per heavy atom. The summed E-state index contributed by atoms with van der Waals surface area (Å²) in [7, 11) is 0. The molecule has 0 unspecified atom stereocenters. The standard InChI is InChI=1S/C32H43N3O2/c1-26-9-14-31(32-30(26)8-6-18-33-32)37-29-16-23-35(24-17-29)22-15-27-10-12-28(13-11-27)36-25-7-21-34-19-4-2-3-5-20-34/h6,8-14,18,29H,2-5,7,15-17,19-25H2,1H3. The molecule has 0 atom stereocenters. The van der Waals surface area contributed by atoms with Crippen LogP contribution in [-0.4, -0.2) is 66.8 Å². The SMILES string of the molecule is Cc1ccc(OC2CCN(CCc3ccc(OCCCN4CCCCCC4)cc3)CC2)c2ncccc12. The Kier molecular flexibility index (Phi) is 9.31. The minimum Gasteiger partial charge on any atom is -0.494 e. The van der Waals surface area contributed by atoms with Gasteiger partial charge in [-0.2, -0.15) is 0 Å². The second kappa shape index (κ2) is 13.3. The van der Waals surface area contributed by atoms with Crippen molar-refractivity contribution >= 4 is 10.9 Å². The van der Waals surface area contributed by atoms with E-state index < -0.39 is 0 Å². The van der Waals surface area contributed by atoms with Crippen LogP contribution in [0.1, 0.15) is 56.1 Å². The van der Waals surface area contributed by atoms with E-state index in [-0.39, 0.29) is 6.10 Å². The highest BCUT2D eigenvalue weighted by Crippen LogP contribution is 2.29.